The number of hydrogen-bond acceptors (Lipinski definition) is 3. The predicted molar refractivity (Wildman–Crippen MR) is 65.4 cm³/mol. The van der Waals surface area contributed by atoms with Gasteiger partial charge in [0.1, 0.15) is 11.6 Å². The van der Waals surface area contributed by atoms with E-state index < -0.39 is 5.82 Å². The molecule has 0 bridgehead atoms. The average Bonchev–Trinajstić information content (AvgIpc) is 2.79. The Bertz CT molecular complexity index is 457. The molecule has 0 unspecified atom stereocenters. The van der Waals surface area contributed by atoms with Gasteiger partial charge in [-0.2, -0.15) is 0 Å². The van der Waals surface area contributed by atoms with Gasteiger partial charge in [0.15, 0.2) is 0 Å². The Morgan fingerprint density at radius 3 is 2.88 bits per heavy atom. The summed E-state index contributed by atoms with van der Waals surface area (Å²) in [6, 6.07) is 1.92. The second-order valence-electron chi connectivity index (χ2n) is 4.25. The van der Waals surface area contributed by atoms with Crippen molar-refractivity contribution in [3.8, 4) is 0 Å². The van der Waals surface area contributed by atoms with Gasteiger partial charge in [-0.25, -0.2) is 14.2 Å². The number of pyridine rings is 1. The largest absolute Gasteiger partial charge is 0.389 e. The molecule has 1 aromatic rings. The van der Waals surface area contributed by atoms with E-state index in [1.165, 1.54) is 6.07 Å². The highest BCUT2D eigenvalue weighted by atomic mass is 19.1. The SMILES string of the molecule is [C-]#[N+]c1cc(N2[B]N(C(C)C)CC2)ncc1F. The van der Waals surface area contributed by atoms with Crippen molar-refractivity contribution in [2.24, 2.45) is 0 Å². The normalized spacial score (nSPS) is 16.1. The van der Waals surface area contributed by atoms with Crippen LogP contribution in [0.5, 0.6) is 0 Å². The predicted octanol–water partition coefficient (Wildman–Crippen LogP) is 1.84. The number of nitrogens with zero attached hydrogens (tertiary/aromatic N) is 4. The molecule has 1 fully saturated rings. The highest BCUT2D eigenvalue weighted by Crippen LogP contribution is 2.23. The van der Waals surface area contributed by atoms with Crippen molar-refractivity contribution < 1.29 is 4.39 Å². The highest BCUT2D eigenvalue weighted by molar-refractivity contribution is 6.39. The molecule has 1 saturated heterocycles. The third-order valence-corrected chi connectivity index (χ3v) is 2.79. The summed E-state index contributed by atoms with van der Waals surface area (Å²) in [6.45, 7) is 12.8. The molecule has 0 aromatic carbocycles. The van der Waals surface area contributed by atoms with Gasteiger partial charge in [-0.15, -0.1) is 0 Å². The fraction of sp³-hybridized carbons (Fsp3) is 0.455. The third kappa shape index (κ3) is 2.39. The van der Waals surface area contributed by atoms with Gasteiger partial charge in [0.2, 0.25) is 5.69 Å². The van der Waals surface area contributed by atoms with Gasteiger partial charge in [0.05, 0.1) is 12.8 Å². The standard InChI is InChI=1S/C11H13BFN4/c1-8(2)16-4-5-17(12-16)11-6-10(14-3)9(13)7-15-11/h6-8H,4-5H2,1-2H3. The fourth-order valence-electron chi connectivity index (χ4n) is 1.74. The summed E-state index contributed by atoms with van der Waals surface area (Å²) in [5.74, 6) is 0.0595. The van der Waals surface area contributed by atoms with E-state index in [1.54, 1.807) is 0 Å². The second-order valence-corrected chi connectivity index (χ2v) is 4.25. The topological polar surface area (TPSA) is 23.7 Å². The Balaban J connectivity index is 2.17. The Morgan fingerprint density at radius 2 is 2.29 bits per heavy atom. The van der Waals surface area contributed by atoms with E-state index >= 15 is 0 Å². The number of anilines is 1. The smallest absolute Gasteiger partial charge is 0.353 e. The van der Waals surface area contributed by atoms with Gasteiger partial charge in [-0.3, -0.25) is 0 Å². The summed E-state index contributed by atoms with van der Waals surface area (Å²) < 4.78 is 13.1. The van der Waals surface area contributed by atoms with Crippen LogP contribution in [0.1, 0.15) is 13.8 Å². The van der Waals surface area contributed by atoms with Crippen molar-refractivity contribution in [2.75, 3.05) is 17.9 Å². The summed E-state index contributed by atoms with van der Waals surface area (Å²) >= 11 is 0. The number of hydrogen-bond donors (Lipinski definition) is 0. The molecule has 0 atom stereocenters. The molecule has 2 heterocycles. The minimum Gasteiger partial charge on any atom is -0.389 e. The molecule has 1 aliphatic rings. The fourth-order valence-corrected chi connectivity index (χ4v) is 1.74. The van der Waals surface area contributed by atoms with Crippen molar-refractivity contribution in [1.82, 2.24) is 9.79 Å². The molecule has 1 aliphatic heterocycles. The van der Waals surface area contributed by atoms with Gasteiger partial charge in [0.25, 0.3) is 0 Å². The van der Waals surface area contributed by atoms with Crippen LogP contribution in [0.3, 0.4) is 0 Å². The monoisotopic (exact) mass is 231 g/mol. The van der Waals surface area contributed by atoms with Gasteiger partial charge in [-0.05, 0) is 12.1 Å². The molecule has 4 nitrogen and oxygen atoms in total. The van der Waals surface area contributed by atoms with Crippen LogP contribution in [-0.4, -0.2) is 36.5 Å². The van der Waals surface area contributed by atoms with E-state index in [-0.39, 0.29) is 5.69 Å². The molecule has 2 rings (SSSR count). The molecule has 17 heavy (non-hydrogen) atoms. The summed E-state index contributed by atoms with van der Waals surface area (Å²) in [4.78, 5) is 11.3. The Hall–Kier alpha value is -1.61. The zero-order valence-electron chi connectivity index (χ0n) is 9.89. The minimum atomic E-state index is -0.566. The first-order valence-electron chi connectivity index (χ1n) is 5.52. The van der Waals surface area contributed by atoms with Gasteiger partial charge in [-0.1, -0.05) is 13.8 Å². The van der Waals surface area contributed by atoms with Crippen LogP contribution < -0.4 is 4.81 Å². The molecule has 87 valence electrons. The third-order valence-electron chi connectivity index (χ3n) is 2.79. The lowest BCUT2D eigenvalue weighted by Gasteiger charge is -2.19. The molecule has 0 N–H and O–H groups in total. The van der Waals surface area contributed by atoms with Crippen LogP contribution in [0, 0.1) is 12.4 Å². The van der Waals surface area contributed by atoms with E-state index in [9.17, 15) is 4.39 Å². The first-order valence-corrected chi connectivity index (χ1v) is 5.52. The van der Waals surface area contributed by atoms with Crippen LogP contribution in [0.4, 0.5) is 15.9 Å². The maximum absolute atomic E-state index is 13.1. The van der Waals surface area contributed by atoms with E-state index in [4.69, 9.17) is 6.57 Å². The van der Waals surface area contributed by atoms with Crippen molar-refractivity contribution in [2.45, 2.75) is 19.9 Å². The first kappa shape index (κ1) is 11.9. The molecule has 0 amide bonds. The Morgan fingerprint density at radius 1 is 1.53 bits per heavy atom. The molecule has 0 aliphatic carbocycles. The molecular weight excluding hydrogens is 218 g/mol. The molecule has 6 heteroatoms. The Labute approximate surface area is 101 Å². The maximum Gasteiger partial charge on any atom is 0.353 e. The summed E-state index contributed by atoms with van der Waals surface area (Å²) in [5.41, 5.74) is 0.0198. The minimum absolute atomic E-state index is 0.0198. The second kappa shape index (κ2) is 4.72. The van der Waals surface area contributed by atoms with Crippen molar-refractivity contribution in [3.05, 3.63) is 29.5 Å². The van der Waals surface area contributed by atoms with Crippen LogP contribution in [0.2, 0.25) is 0 Å². The Kier molecular flexibility index (Phi) is 3.29. The van der Waals surface area contributed by atoms with Crippen LogP contribution in [-0.2, 0) is 0 Å². The lowest BCUT2D eigenvalue weighted by molar-refractivity contribution is 0.405. The van der Waals surface area contributed by atoms with Crippen molar-refractivity contribution >= 4 is 19.1 Å². The van der Waals surface area contributed by atoms with Crippen molar-refractivity contribution in [1.29, 1.82) is 0 Å². The lowest BCUT2D eigenvalue weighted by Crippen LogP contribution is -2.34. The molecule has 0 saturated carbocycles. The van der Waals surface area contributed by atoms with E-state index in [1.807, 2.05) is 12.4 Å². The van der Waals surface area contributed by atoms with Gasteiger partial charge in [0, 0.05) is 13.1 Å². The zero-order chi connectivity index (χ0) is 12.4. The van der Waals surface area contributed by atoms with E-state index in [0.717, 1.165) is 19.3 Å². The maximum atomic E-state index is 13.1. The van der Waals surface area contributed by atoms with Gasteiger partial charge >= 0.3 is 7.55 Å². The average molecular weight is 231 g/mol. The van der Waals surface area contributed by atoms with Crippen LogP contribution in [0.15, 0.2) is 12.3 Å². The van der Waals surface area contributed by atoms with E-state index in [2.05, 4.69) is 28.5 Å². The molecular formula is C11H13BFN4. The van der Waals surface area contributed by atoms with Crippen LogP contribution >= 0.6 is 0 Å². The number of rotatable bonds is 2. The molecule has 1 radical (unpaired) electrons. The molecule has 0 spiro atoms. The van der Waals surface area contributed by atoms with Gasteiger partial charge < -0.3 is 9.62 Å². The molecule has 1 aromatic heterocycles. The summed E-state index contributed by atoms with van der Waals surface area (Å²) in [7, 11) is 1.97. The zero-order valence-corrected chi connectivity index (χ0v) is 9.89. The highest BCUT2D eigenvalue weighted by Gasteiger charge is 2.25. The van der Waals surface area contributed by atoms with Crippen LogP contribution in [0.25, 0.3) is 4.85 Å². The number of halogens is 1. The lowest BCUT2D eigenvalue weighted by atomic mass is 10.1. The van der Waals surface area contributed by atoms with Crippen molar-refractivity contribution in [3.63, 3.8) is 0 Å². The number of aromatic nitrogens is 1. The summed E-state index contributed by atoms with van der Waals surface area (Å²) in [6.07, 6.45) is 1.11. The summed E-state index contributed by atoms with van der Waals surface area (Å²) in [5, 5.41) is 0. The quantitative estimate of drug-likeness (QED) is 0.573. The first-order chi connectivity index (χ1) is 8.11. The van der Waals surface area contributed by atoms with E-state index in [0.29, 0.717) is 11.9 Å².